The van der Waals surface area contributed by atoms with Gasteiger partial charge in [-0.2, -0.15) is 4.18 Å². The molecule has 0 aliphatic rings. The van der Waals surface area contributed by atoms with Crippen LogP contribution < -0.4 is 10.3 Å². The third kappa shape index (κ3) is 5.25. The summed E-state index contributed by atoms with van der Waals surface area (Å²) in [5.74, 6) is 1.40. The van der Waals surface area contributed by atoms with Gasteiger partial charge < -0.3 is 9.72 Å². The summed E-state index contributed by atoms with van der Waals surface area (Å²) in [4.78, 5) is 20.0. The lowest BCUT2D eigenvalue weighted by Gasteiger charge is -2.17. The van der Waals surface area contributed by atoms with Crippen molar-refractivity contribution in [1.82, 2.24) is 9.97 Å². The van der Waals surface area contributed by atoms with Gasteiger partial charge in [-0.3, -0.25) is 4.79 Å². The largest absolute Gasteiger partial charge is 0.490 e. The van der Waals surface area contributed by atoms with E-state index < -0.39 is 0 Å². The second kappa shape index (κ2) is 9.12. The Kier molecular flexibility index (Phi) is 6.95. The molecule has 0 fully saturated rings. The van der Waals surface area contributed by atoms with Gasteiger partial charge in [0, 0.05) is 10.0 Å². The number of benzene rings is 2. The van der Waals surface area contributed by atoms with Crippen LogP contribution in [0.15, 0.2) is 39.6 Å². The third-order valence-electron chi connectivity index (χ3n) is 4.85. The molecule has 1 heterocycles. The zero-order valence-corrected chi connectivity index (χ0v) is 20.7. The van der Waals surface area contributed by atoms with Crippen LogP contribution in [0.3, 0.4) is 0 Å². The molecule has 30 heavy (non-hydrogen) atoms. The normalized spacial score (nSPS) is 12.9. The Morgan fingerprint density at radius 3 is 2.40 bits per heavy atom. The average molecular weight is 492 g/mol. The Bertz CT molecular complexity index is 1100. The maximum absolute atomic E-state index is 12.5. The number of aryl methyl sites for hydroxylation is 2. The zero-order chi connectivity index (χ0) is 22.1. The van der Waals surface area contributed by atoms with Gasteiger partial charge in [-0.1, -0.05) is 15.9 Å². The molecule has 0 saturated heterocycles. The van der Waals surface area contributed by atoms with Gasteiger partial charge in [0.15, 0.2) is 4.75 Å². The van der Waals surface area contributed by atoms with Crippen LogP contribution in [0.1, 0.15) is 31.9 Å². The van der Waals surface area contributed by atoms with Crippen LogP contribution in [0, 0.1) is 13.8 Å². The second-order valence-electron chi connectivity index (χ2n) is 8.25. The van der Waals surface area contributed by atoms with Gasteiger partial charge in [-0.25, -0.2) is 4.98 Å². The molecule has 3 aromatic rings. The van der Waals surface area contributed by atoms with Crippen LogP contribution in [0.4, 0.5) is 0 Å². The molecule has 0 bridgehead atoms. The van der Waals surface area contributed by atoms with Crippen molar-refractivity contribution in [3.63, 3.8) is 0 Å². The predicted octanol–water partition coefficient (Wildman–Crippen LogP) is 5.33. The highest BCUT2D eigenvalue weighted by atomic mass is 79.9. The quantitative estimate of drug-likeness (QED) is 0.374. The number of aromatic amines is 1. The van der Waals surface area contributed by atoms with E-state index >= 15 is 0 Å². The summed E-state index contributed by atoms with van der Waals surface area (Å²) in [6, 6.07) is 9.49. The highest BCUT2D eigenvalue weighted by Crippen LogP contribution is 2.29. The van der Waals surface area contributed by atoms with Crippen molar-refractivity contribution in [1.29, 1.82) is 0 Å². The summed E-state index contributed by atoms with van der Waals surface area (Å²) in [5, 5.41) is 0.562. The molecule has 160 valence electrons. The maximum Gasteiger partial charge on any atom is 0.259 e. The lowest BCUT2D eigenvalue weighted by molar-refractivity contribution is 0.230. The summed E-state index contributed by atoms with van der Waals surface area (Å²) in [5.41, 5.74) is 3.36. The van der Waals surface area contributed by atoms with E-state index in [0.717, 1.165) is 26.9 Å². The highest BCUT2D eigenvalue weighted by molar-refractivity contribution is 9.10. The molecule has 1 aromatic heterocycles. The lowest BCUT2D eigenvalue weighted by Crippen LogP contribution is -2.30. The minimum Gasteiger partial charge on any atom is -0.490 e. The number of nitrogens with zero attached hydrogens (tertiary/aromatic N) is 1. The first-order valence-electron chi connectivity index (χ1n) is 9.79. The minimum absolute atomic E-state index is 0.125. The predicted molar refractivity (Wildman–Crippen MR) is 129 cm³/mol. The number of rotatable bonds is 6. The number of halogens is 1. The molecule has 0 radical (unpaired) electrons. The van der Waals surface area contributed by atoms with Crippen molar-refractivity contribution in [3.8, 4) is 17.1 Å². The summed E-state index contributed by atoms with van der Waals surface area (Å²) >= 11 is 3.27. The van der Waals surface area contributed by atoms with E-state index in [1.54, 1.807) is 6.07 Å². The standard InChI is InChI=1S/C23H27BrN2O3S/c1-14-11-16(21-25-19-8-7-17(24)13-18(19)22(27)26-21)12-15(2)20(14)28-9-10-29-30(6)23(3,4)5/h7-8,11-13H,9-10H2,1-6H3/p+1. The van der Waals surface area contributed by atoms with Gasteiger partial charge in [-0.15, -0.1) is 0 Å². The highest BCUT2D eigenvalue weighted by Gasteiger charge is 2.31. The molecule has 5 nitrogen and oxygen atoms in total. The second-order valence-corrected chi connectivity index (χ2v) is 11.5. The SMILES string of the molecule is Cc1cc(-c2nc3ccc(Br)cc3c(=O)[nH]2)cc(C)c1OCCO[S+](C)C(C)(C)C. The number of ether oxygens (including phenoxy) is 1. The molecule has 1 atom stereocenters. The van der Waals surface area contributed by atoms with Crippen molar-refractivity contribution in [2.75, 3.05) is 19.5 Å². The number of H-pyrrole nitrogens is 1. The van der Waals surface area contributed by atoms with Crippen LogP contribution in [-0.2, 0) is 15.4 Å². The zero-order valence-electron chi connectivity index (χ0n) is 18.3. The molecule has 2 aromatic carbocycles. The molecule has 0 spiro atoms. The van der Waals surface area contributed by atoms with Crippen LogP contribution in [0.25, 0.3) is 22.3 Å². The first-order chi connectivity index (χ1) is 14.1. The average Bonchev–Trinajstić information content (AvgIpc) is 2.66. The van der Waals surface area contributed by atoms with E-state index in [1.807, 2.05) is 38.1 Å². The van der Waals surface area contributed by atoms with Crippen LogP contribution in [0.2, 0.25) is 0 Å². The number of nitrogens with one attached hydrogen (secondary N) is 1. The van der Waals surface area contributed by atoms with E-state index in [0.29, 0.717) is 29.9 Å². The molecule has 3 rings (SSSR count). The molecule has 0 amide bonds. The van der Waals surface area contributed by atoms with Crippen LogP contribution in [-0.4, -0.2) is 34.2 Å². The fourth-order valence-corrected chi connectivity index (χ4v) is 4.07. The molecular weight excluding hydrogens is 464 g/mol. The maximum atomic E-state index is 12.5. The van der Waals surface area contributed by atoms with Gasteiger partial charge in [0.1, 0.15) is 42.2 Å². The van der Waals surface area contributed by atoms with Crippen molar-refractivity contribution >= 4 is 38.0 Å². The summed E-state index contributed by atoms with van der Waals surface area (Å²) in [6.45, 7) is 11.6. The van der Waals surface area contributed by atoms with Gasteiger partial charge in [0.2, 0.25) is 0 Å². The Hall–Kier alpha value is -1.83. The molecule has 0 aliphatic heterocycles. The smallest absolute Gasteiger partial charge is 0.259 e. The number of hydrogen-bond donors (Lipinski definition) is 1. The summed E-state index contributed by atoms with van der Waals surface area (Å²) < 4.78 is 12.9. The first-order valence-corrected chi connectivity index (χ1v) is 12.1. The summed E-state index contributed by atoms with van der Waals surface area (Å²) in [6.07, 6.45) is 2.11. The molecule has 7 heteroatoms. The first kappa shape index (κ1) is 22.8. The molecule has 1 N–H and O–H groups in total. The van der Waals surface area contributed by atoms with Gasteiger partial charge in [0.25, 0.3) is 5.56 Å². The third-order valence-corrected chi connectivity index (χ3v) is 7.59. The van der Waals surface area contributed by atoms with Gasteiger partial charge in [0.05, 0.1) is 10.9 Å². The van der Waals surface area contributed by atoms with Crippen LogP contribution >= 0.6 is 15.9 Å². The Morgan fingerprint density at radius 1 is 1.10 bits per heavy atom. The fourth-order valence-electron chi connectivity index (χ4n) is 3.04. The van der Waals surface area contributed by atoms with E-state index in [4.69, 9.17) is 8.92 Å². The van der Waals surface area contributed by atoms with E-state index in [9.17, 15) is 4.79 Å². The number of fused-ring (bicyclic) bond motifs is 1. The lowest BCUT2D eigenvalue weighted by atomic mass is 10.0. The van der Waals surface area contributed by atoms with Crippen molar-refractivity contribution < 1.29 is 8.92 Å². The number of hydrogen-bond acceptors (Lipinski definition) is 4. The molecule has 0 aliphatic carbocycles. The molecule has 1 unspecified atom stereocenters. The Labute approximate surface area is 188 Å². The fraction of sp³-hybridized carbons (Fsp3) is 0.391. The van der Waals surface area contributed by atoms with Crippen LogP contribution in [0.5, 0.6) is 5.75 Å². The summed E-state index contributed by atoms with van der Waals surface area (Å²) in [7, 11) is 0. The monoisotopic (exact) mass is 491 g/mol. The molecular formula is C23H28BrN2O3S+. The minimum atomic E-state index is -0.155. The van der Waals surface area contributed by atoms with Gasteiger partial charge >= 0.3 is 0 Å². The molecule has 0 saturated carbocycles. The van der Waals surface area contributed by atoms with E-state index in [1.165, 1.54) is 0 Å². The van der Waals surface area contributed by atoms with E-state index in [2.05, 4.69) is 52.9 Å². The van der Waals surface area contributed by atoms with E-state index in [-0.39, 0.29) is 21.5 Å². The number of aromatic nitrogens is 2. The topological polar surface area (TPSA) is 64.2 Å². The van der Waals surface area contributed by atoms with Crippen molar-refractivity contribution in [3.05, 3.63) is 56.3 Å². The van der Waals surface area contributed by atoms with Crippen molar-refractivity contribution in [2.24, 2.45) is 0 Å². The Morgan fingerprint density at radius 2 is 1.77 bits per heavy atom. The van der Waals surface area contributed by atoms with Crippen molar-refractivity contribution in [2.45, 2.75) is 39.4 Å². The Balaban J connectivity index is 1.79. The van der Waals surface area contributed by atoms with Gasteiger partial charge in [-0.05, 0) is 76.1 Å².